The Hall–Kier alpha value is -1.77. The van der Waals surface area contributed by atoms with Crippen molar-refractivity contribution < 1.29 is 26.9 Å². The van der Waals surface area contributed by atoms with Crippen LogP contribution in [0.15, 0.2) is 26.9 Å². The van der Waals surface area contributed by atoms with Gasteiger partial charge >= 0.3 is 5.69 Å². The summed E-state index contributed by atoms with van der Waals surface area (Å²) >= 11 is 0. The first-order valence-corrected chi connectivity index (χ1v) is 14.1. The van der Waals surface area contributed by atoms with Gasteiger partial charge in [0.2, 0.25) is 0 Å². The molecule has 4 N–H and O–H groups in total. The maximum atomic E-state index is 12.6. The number of H-pyrrole nitrogens is 1. The second-order valence-electron chi connectivity index (χ2n) is 9.42. The first-order valence-electron chi connectivity index (χ1n) is 9.75. The number of nitrogens with two attached hydrogens (primary N) is 1. The molecule has 1 fully saturated rings. The molecule has 3 heterocycles. The van der Waals surface area contributed by atoms with Crippen LogP contribution in [0.5, 0.6) is 0 Å². The molecule has 0 radical (unpaired) electrons. The molecular formula is C18H29N3O8SSi. The van der Waals surface area contributed by atoms with Gasteiger partial charge < -0.3 is 20.0 Å². The van der Waals surface area contributed by atoms with E-state index in [-0.39, 0.29) is 16.3 Å². The first-order chi connectivity index (χ1) is 14.1. The van der Waals surface area contributed by atoms with Crippen molar-refractivity contribution in [3.63, 3.8) is 0 Å². The lowest BCUT2D eigenvalue weighted by Crippen LogP contribution is -2.58. The predicted octanol–water partition coefficient (Wildman–Crippen LogP) is 0.0240. The molecule has 1 aromatic rings. The summed E-state index contributed by atoms with van der Waals surface area (Å²) in [4.78, 5) is 26.7. The lowest BCUT2D eigenvalue weighted by Gasteiger charge is -2.43. The van der Waals surface area contributed by atoms with E-state index in [9.17, 15) is 23.1 Å². The zero-order valence-corrected chi connectivity index (χ0v) is 20.1. The molecule has 2 aliphatic heterocycles. The summed E-state index contributed by atoms with van der Waals surface area (Å²) in [6.45, 7) is 10.7. The highest BCUT2D eigenvalue weighted by atomic mass is 32.2. The van der Waals surface area contributed by atoms with Crippen molar-refractivity contribution in [2.45, 2.75) is 69.9 Å². The summed E-state index contributed by atoms with van der Waals surface area (Å²) in [6.07, 6.45) is -2.35. The molecule has 174 valence electrons. The van der Waals surface area contributed by atoms with Crippen LogP contribution >= 0.6 is 0 Å². The van der Waals surface area contributed by atoms with Gasteiger partial charge in [0, 0.05) is 11.8 Å². The number of hydrogen-bond donors (Lipinski definition) is 3. The summed E-state index contributed by atoms with van der Waals surface area (Å²) in [5.74, 6) is 0. The van der Waals surface area contributed by atoms with Crippen LogP contribution in [0.2, 0.25) is 18.1 Å². The summed E-state index contributed by atoms with van der Waals surface area (Å²) in [5.41, 5.74) is 2.97. The quantitative estimate of drug-likeness (QED) is 0.402. The highest BCUT2D eigenvalue weighted by Gasteiger charge is 2.66. The number of nitrogens with one attached hydrogen (secondary N) is 1. The molecule has 0 aromatic carbocycles. The summed E-state index contributed by atoms with van der Waals surface area (Å²) < 4.78 is 43.6. The van der Waals surface area contributed by atoms with Crippen LogP contribution in [0.4, 0.5) is 0 Å². The van der Waals surface area contributed by atoms with Crippen LogP contribution in [0.1, 0.15) is 32.6 Å². The zero-order valence-electron chi connectivity index (χ0n) is 18.3. The molecule has 1 aromatic heterocycles. The van der Waals surface area contributed by atoms with E-state index in [0.717, 1.165) is 9.98 Å². The van der Waals surface area contributed by atoms with Crippen LogP contribution in [0.25, 0.3) is 0 Å². The third-order valence-corrected chi connectivity index (χ3v) is 11.8. The third-order valence-electron chi connectivity index (χ3n) is 6.25. The SMILES string of the molecule is Cc1cn([C@@H]2OC(CO)C3(OS(=O)(=O)C=C3N)[C@H]2O[Si](C)(C)C(C)(C)C)c(=O)[nH]c1=O. The molecule has 31 heavy (non-hydrogen) atoms. The van der Waals surface area contributed by atoms with Crippen molar-refractivity contribution in [3.05, 3.63) is 43.7 Å². The standard InChI is InChI=1S/C18H29N3O8SSi/c1-10-7-21(16(24)20-14(10)23)15-13(28-31(5,6)17(2,3)4)18(12(8-22)27-15)11(19)9-30(25,26)29-18/h7,9,12-13,15,22H,8,19H2,1-6H3,(H,20,23,24)/t12?,13-,15+,18?/m0/s1. The van der Waals surface area contributed by atoms with Crippen molar-refractivity contribution in [3.8, 4) is 0 Å². The van der Waals surface area contributed by atoms with Gasteiger partial charge in [-0.25, -0.2) is 8.98 Å². The molecule has 13 heteroatoms. The monoisotopic (exact) mass is 475 g/mol. The molecule has 1 saturated heterocycles. The van der Waals surface area contributed by atoms with Crippen LogP contribution in [0, 0.1) is 6.92 Å². The van der Waals surface area contributed by atoms with E-state index in [1.165, 1.54) is 13.1 Å². The Morgan fingerprint density at radius 2 is 1.97 bits per heavy atom. The minimum Gasteiger partial charge on any atom is -0.406 e. The van der Waals surface area contributed by atoms with E-state index in [0.29, 0.717) is 0 Å². The fourth-order valence-corrected chi connectivity index (χ4v) is 6.01. The molecule has 0 bridgehead atoms. The van der Waals surface area contributed by atoms with Crippen molar-refractivity contribution in [2.24, 2.45) is 5.73 Å². The topological polar surface area (TPSA) is 163 Å². The van der Waals surface area contributed by atoms with Gasteiger partial charge in [0.25, 0.3) is 15.7 Å². The van der Waals surface area contributed by atoms with Crippen molar-refractivity contribution in [2.75, 3.05) is 6.61 Å². The summed E-state index contributed by atoms with van der Waals surface area (Å²) in [6, 6.07) is 0. The average Bonchev–Trinajstić information content (AvgIpc) is 3.03. The molecule has 11 nitrogen and oxygen atoms in total. The van der Waals surface area contributed by atoms with E-state index in [4.69, 9.17) is 19.1 Å². The molecule has 2 aliphatic rings. The van der Waals surface area contributed by atoms with Gasteiger partial charge in [0.1, 0.15) is 12.2 Å². The number of rotatable bonds is 4. The Kier molecular flexibility index (Phi) is 5.69. The molecular weight excluding hydrogens is 446 g/mol. The molecule has 0 aliphatic carbocycles. The maximum Gasteiger partial charge on any atom is 0.330 e. The number of aromatic nitrogens is 2. The smallest absolute Gasteiger partial charge is 0.330 e. The Balaban J connectivity index is 2.25. The van der Waals surface area contributed by atoms with Gasteiger partial charge in [0.15, 0.2) is 20.1 Å². The van der Waals surface area contributed by atoms with Gasteiger partial charge in [-0.3, -0.25) is 14.3 Å². The lowest BCUT2D eigenvalue weighted by atomic mass is 9.89. The van der Waals surface area contributed by atoms with E-state index in [1.54, 1.807) is 0 Å². The molecule has 0 saturated carbocycles. The first kappa shape index (κ1) is 23.9. The van der Waals surface area contributed by atoms with Crippen LogP contribution in [0.3, 0.4) is 0 Å². The average molecular weight is 476 g/mol. The van der Waals surface area contributed by atoms with Gasteiger partial charge in [-0.05, 0) is 25.1 Å². The Morgan fingerprint density at radius 1 is 1.35 bits per heavy atom. The fraction of sp³-hybridized carbons (Fsp3) is 0.667. The van der Waals surface area contributed by atoms with Crippen LogP contribution in [-0.2, 0) is 23.5 Å². The van der Waals surface area contributed by atoms with Crippen molar-refractivity contribution >= 4 is 18.4 Å². The zero-order chi connectivity index (χ0) is 23.6. The van der Waals surface area contributed by atoms with Crippen molar-refractivity contribution in [1.82, 2.24) is 9.55 Å². The molecule has 3 rings (SSSR count). The number of hydrogen-bond acceptors (Lipinski definition) is 9. The third kappa shape index (κ3) is 3.83. The Bertz CT molecular complexity index is 1130. The second-order valence-corrected chi connectivity index (χ2v) is 15.6. The lowest BCUT2D eigenvalue weighted by molar-refractivity contribution is -0.0588. The largest absolute Gasteiger partial charge is 0.406 e. The summed E-state index contributed by atoms with van der Waals surface area (Å²) in [7, 11) is -6.78. The maximum absolute atomic E-state index is 12.6. The number of aliphatic hydroxyl groups excluding tert-OH is 1. The predicted molar refractivity (Wildman–Crippen MR) is 114 cm³/mol. The minimum atomic E-state index is -4.17. The second kappa shape index (κ2) is 7.39. The van der Waals surface area contributed by atoms with Crippen molar-refractivity contribution in [1.29, 1.82) is 0 Å². The molecule has 1 spiro atoms. The van der Waals surface area contributed by atoms with Crippen LogP contribution in [-0.4, -0.2) is 55.8 Å². The van der Waals surface area contributed by atoms with Gasteiger partial charge in [0.05, 0.1) is 17.7 Å². The van der Waals surface area contributed by atoms with E-state index < -0.39 is 60.3 Å². The van der Waals surface area contributed by atoms with E-state index in [1.807, 2.05) is 33.9 Å². The highest BCUT2D eigenvalue weighted by Crippen LogP contribution is 2.51. The number of ether oxygens (including phenoxy) is 1. The number of nitrogens with zero attached hydrogens (tertiary/aromatic N) is 1. The molecule has 4 atom stereocenters. The van der Waals surface area contributed by atoms with Crippen LogP contribution < -0.4 is 17.0 Å². The normalized spacial score (nSPS) is 30.7. The van der Waals surface area contributed by atoms with E-state index >= 15 is 0 Å². The van der Waals surface area contributed by atoms with Gasteiger partial charge in [-0.15, -0.1) is 0 Å². The van der Waals surface area contributed by atoms with Gasteiger partial charge in [-0.2, -0.15) is 8.42 Å². The molecule has 0 amide bonds. The number of aliphatic hydroxyl groups is 1. The summed E-state index contributed by atoms with van der Waals surface area (Å²) in [5, 5.41) is 10.5. The fourth-order valence-electron chi connectivity index (χ4n) is 3.50. The molecule has 2 unspecified atom stereocenters. The Labute approximate surface area is 181 Å². The minimum absolute atomic E-state index is 0.188. The van der Waals surface area contributed by atoms with Gasteiger partial charge in [-0.1, -0.05) is 20.8 Å². The number of aromatic amines is 1. The number of aryl methyl sites for hydroxylation is 1. The Morgan fingerprint density at radius 3 is 2.45 bits per heavy atom. The van der Waals surface area contributed by atoms with E-state index in [2.05, 4.69) is 4.98 Å². The highest BCUT2D eigenvalue weighted by molar-refractivity contribution is 7.90.